The quantitative estimate of drug-likeness (QED) is 0.591. The molecule has 1 saturated heterocycles. The van der Waals surface area contributed by atoms with Gasteiger partial charge in [0, 0.05) is 17.7 Å². The van der Waals surface area contributed by atoms with Crippen molar-refractivity contribution in [3.05, 3.63) is 44.7 Å². The molecule has 6 nitrogen and oxygen atoms in total. The molecule has 3 aromatic rings. The fraction of sp³-hybridized carbons (Fsp3) is 0.400. The molecule has 28 heavy (non-hydrogen) atoms. The van der Waals surface area contributed by atoms with Gasteiger partial charge in [0.1, 0.15) is 15.9 Å². The second-order valence-corrected chi connectivity index (χ2v) is 8.91. The summed E-state index contributed by atoms with van der Waals surface area (Å²) in [6, 6.07) is 5.58. The van der Waals surface area contributed by atoms with E-state index in [2.05, 4.69) is 18.0 Å². The summed E-state index contributed by atoms with van der Waals surface area (Å²) in [5, 5.41) is 11.0. The summed E-state index contributed by atoms with van der Waals surface area (Å²) < 4.78 is 7.52. The van der Waals surface area contributed by atoms with E-state index < -0.39 is 0 Å². The van der Waals surface area contributed by atoms with Crippen molar-refractivity contribution < 1.29 is 4.74 Å². The van der Waals surface area contributed by atoms with Gasteiger partial charge in [0.2, 0.25) is 0 Å². The van der Waals surface area contributed by atoms with Crippen LogP contribution in [0.1, 0.15) is 35.8 Å². The van der Waals surface area contributed by atoms with Gasteiger partial charge in [-0.2, -0.15) is 5.26 Å². The lowest BCUT2D eigenvalue weighted by molar-refractivity contribution is 0.0937. The van der Waals surface area contributed by atoms with E-state index in [1.807, 2.05) is 6.92 Å². The Kier molecular flexibility index (Phi) is 5.49. The average Bonchev–Trinajstić information content (AvgIpc) is 3.32. The summed E-state index contributed by atoms with van der Waals surface area (Å²) in [5.41, 5.74) is 1.59. The lowest BCUT2D eigenvalue weighted by Crippen LogP contribution is -2.28. The minimum Gasteiger partial charge on any atom is -0.376 e. The van der Waals surface area contributed by atoms with Crippen LogP contribution in [-0.2, 0) is 17.7 Å². The van der Waals surface area contributed by atoms with Crippen molar-refractivity contribution in [3.63, 3.8) is 0 Å². The lowest BCUT2D eigenvalue weighted by atomic mass is 10.1. The first-order valence-corrected chi connectivity index (χ1v) is 10.9. The number of nitrogens with zero attached hydrogens (tertiary/aromatic N) is 4. The second-order valence-electron chi connectivity index (χ2n) is 6.71. The first-order chi connectivity index (χ1) is 13.6. The van der Waals surface area contributed by atoms with Crippen molar-refractivity contribution in [1.29, 1.82) is 5.26 Å². The Labute approximate surface area is 171 Å². The van der Waals surface area contributed by atoms with Gasteiger partial charge in [0.15, 0.2) is 5.16 Å². The van der Waals surface area contributed by atoms with Crippen LogP contribution in [-0.4, -0.2) is 27.2 Å². The summed E-state index contributed by atoms with van der Waals surface area (Å²) in [4.78, 5) is 24.5. The number of fused-ring (bicyclic) bond motifs is 1. The Balaban J connectivity index is 1.82. The maximum absolute atomic E-state index is 13.4. The van der Waals surface area contributed by atoms with E-state index >= 15 is 0 Å². The zero-order chi connectivity index (χ0) is 19.7. The number of pyridine rings is 1. The van der Waals surface area contributed by atoms with Crippen LogP contribution in [0.25, 0.3) is 10.2 Å². The van der Waals surface area contributed by atoms with E-state index in [4.69, 9.17) is 15.0 Å². The predicted molar refractivity (Wildman–Crippen MR) is 110 cm³/mol. The molecule has 0 amide bonds. The highest BCUT2D eigenvalue weighted by Gasteiger charge is 2.23. The van der Waals surface area contributed by atoms with Gasteiger partial charge in [-0.05, 0) is 55.6 Å². The molecular formula is C20H20N4O2S2. The monoisotopic (exact) mass is 412 g/mol. The van der Waals surface area contributed by atoms with Crippen molar-refractivity contribution in [1.82, 2.24) is 14.5 Å². The molecular weight excluding hydrogens is 392 g/mol. The van der Waals surface area contributed by atoms with Crippen LogP contribution >= 0.6 is 23.1 Å². The Morgan fingerprint density at radius 3 is 2.96 bits per heavy atom. The molecule has 0 spiro atoms. The average molecular weight is 413 g/mol. The minimum atomic E-state index is -0.00200. The topological polar surface area (TPSA) is 80.8 Å². The van der Waals surface area contributed by atoms with Crippen LogP contribution in [0.2, 0.25) is 0 Å². The first-order valence-electron chi connectivity index (χ1n) is 9.29. The molecule has 0 radical (unpaired) electrons. The molecule has 1 aliphatic heterocycles. The zero-order valence-electron chi connectivity index (χ0n) is 15.8. The van der Waals surface area contributed by atoms with E-state index in [1.165, 1.54) is 18.0 Å². The molecule has 0 aromatic carbocycles. The molecule has 3 aromatic heterocycles. The third kappa shape index (κ3) is 3.58. The molecule has 0 bridgehead atoms. The summed E-state index contributed by atoms with van der Waals surface area (Å²) in [7, 11) is 0. The number of ether oxygens (including phenoxy) is 1. The molecule has 0 unspecified atom stereocenters. The lowest BCUT2D eigenvalue weighted by Gasteiger charge is -2.15. The van der Waals surface area contributed by atoms with Gasteiger partial charge in [0.05, 0.1) is 23.6 Å². The fourth-order valence-corrected chi connectivity index (χ4v) is 5.48. The highest BCUT2D eigenvalue weighted by molar-refractivity contribution is 7.99. The molecule has 0 aliphatic carbocycles. The van der Waals surface area contributed by atoms with Crippen molar-refractivity contribution >= 4 is 33.3 Å². The van der Waals surface area contributed by atoms with Gasteiger partial charge < -0.3 is 4.74 Å². The van der Waals surface area contributed by atoms with Crippen LogP contribution in [0.3, 0.4) is 0 Å². The number of aromatic nitrogens is 3. The SMILES string of the molecule is CCc1c(C)sc2nc(Sc3ccc(C#N)cn3)n(C[C@H]3CCCO3)c(=O)c12. The van der Waals surface area contributed by atoms with E-state index in [-0.39, 0.29) is 11.7 Å². The van der Waals surface area contributed by atoms with E-state index in [0.29, 0.717) is 22.3 Å². The molecule has 0 N–H and O–H groups in total. The largest absolute Gasteiger partial charge is 0.376 e. The zero-order valence-corrected chi connectivity index (χ0v) is 17.4. The summed E-state index contributed by atoms with van der Waals surface area (Å²) in [6.07, 6.45) is 4.36. The Hall–Kier alpha value is -2.21. The van der Waals surface area contributed by atoms with Gasteiger partial charge in [-0.25, -0.2) is 9.97 Å². The van der Waals surface area contributed by atoms with Crippen LogP contribution in [0.5, 0.6) is 0 Å². The van der Waals surface area contributed by atoms with Crippen molar-refractivity contribution in [2.45, 2.75) is 55.9 Å². The normalized spacial score (nSPS) is 16.5. The van der Waals surface area contributed by atoms with Gasteiger partial charge in [-0.15, -0.1) is 11.3 Å². The molecule has 8 heteroatoms. The van der Waals surface area contributed by atoms with E-state index in [9.17, 15) is 4.79 Å². The number of aryl methyl sites for hydroxylation is 2. The highest BCUT2D eigenvalue weighted by atomic mass is 32.2. The fourth-order valence-electron chi connectivity index (χ4n) is 3.49. The minimum absolute atomic E-state index is 0.00200. The van der Waals surface area contributed by atoms with Crippen LogP contribution in [0.4, 0.5) is 0 Å². The third-order valence-corrected chi connectivity index (χ3v) is 6.89. The smallest absolute Gasteiger partial charge is 0.263 e. The van der Waals surface area contributed by atoms with E-state index in [0.717, 1.165) is 46.5 Å². The predicted octanol–water partition coefficient (Wildman–Crippen LogP) is 3.93. The van der Waals surface area contributed by atoms with Crippen LogP contribution in [0.15, 0.2) is 33.3 Å². The molecule has 1 fully saturated rings. The van der Waals surface area contributed by atoms with E-state index in [1.54, 1.807) is 28.0 Å². The number of thiophene rings is 1. The second kappa shape index (κ2) is 8.03. The summed E-state index contributed by atoms with van der Waals surface area (Å²) in [6.45, 7) is 5.36. The van der Waals surface area contributed by atoms with Gasteiger partial charge in [-0.3, -0.25) is 9.36 Å². The standard InChI is InChI=1S/C20H20N4O2S2/c1-3-15-12(2)27-18-17(15)19(25)24(11-14-5-4-8-26-14)20(23-18)28-16-7-6-13(9-21)10-22-16/h6-7,10,14H,3-5,8,11H2,1-2H3/t14-/m1/s1. The highest BCUT2D eigenvalue weighted by Crippen LogP contribution is 2.32. The third-order valence-electron chi connectivity index (χ3n) is 4.90. The summed E-state index contributed by atoms with van der Waals surface area (Å²) in [5.74, 6) is 0. The molecule has 1 atom stereocenters. The molecule has 144 valence electrons. The molecule has 0 saturated carbocycles. The number of rotatable bonds is 5. The van der Waals surface area contributed by atoms with Gasteiger partial charge >= 0.3 is 0 Å². The first kappa shape index (κ1) is 19.1. The molecule has 4 heterocycles. The Morgan fingerprint density at radius 1 is 1.46 bits per heavy atom. The number of hydrogen-bond donors (Lipinski definition) is 0. The maximum atomic E-state index is 13.4. The van der Waals surface area contributed by atoms with Crippen LogP contribution in [0, 0.1) is 18.3 Å². The summed E-state index contributed by atoms with van der Waals surface area (Å²) >= 11 is 2.92. The molecule has 4 rings (SSSR count). The number of hydrogen-bond acceptors (Lipinski definition) is 7. The maximum Gasteiger partial charge on any atom is 0.263 e. The van der Waals surface area contributed by atoms with Gasteiger partial charge in [-0.1, -0.05) is 6.92 Å². The van der Waals surface area contributed by atoms with Crippen molar-refractivity contribution in [2.75, 3.05) is 6.61 Å². The van der Waals surface area contributed by atoms with Gasteiger partial charge in [0.25, 0.3) is 5.56 Å². The number of nitriles is 1. The molecule has 1 aliphatic rings. The Morgan fingerprint density at radius 2 is 2.32 bits per heavy atom. The Bertz CT molecular complexity index is 1110. The van der Waals surface area contributed by atoms with Crippen molar-refractivity contribution in [2.24, 2.45) is 0 Å². The van der Waals surface area contributed by atoms with Crippen molar-refractivity contribution in [3.8, 4) is 6.07 Å². The van der Waals surface area contributed by atoms with Crippen LogP contribution < -0.4 is 5.56 Å².